The monoisotopic (exact) mass is 402 g/mol. The van der Waals surface area contributed by atoms with Gasteiger partial charge in [-0.25, -0.2) is 4.79 Å². The number of carbonyl (C=O) groups excluding carboxylic acids is 1. The highest BCUT2D eigenvalue weighted by Gasteiger charge is 2.51. The van der Waals surface area contributed by atoms with Gasteiger partial charge >= 0.3 is 11.9 Å². The fourth-order valence-corrected chi connectivity index (χ4v) is 3.66. The summed E-state index contributed by atoms with van der Waals surface area (Å²) in [5.41, 5.74) is 0.112. The zero-order chi connectivity index (χ0) is 20.6. The van der Waals surface area contributed by atoms with Crippen LogP contribution in [0.5, 0.6) is 0 Å². The number of hydrogen-bond donors (Lipinski definition) is 5. The van der Waals surface area contributed by atoms with Crippen molar-refractivity contribution in [2.75, 3.05) is 13.7 Å². The number of hydrogen-bond acceptors (Lipinski definition) is 10. The SMILES string of the molecule is COC(=O)C1=CO[C@@H](O[C@@H]2O[C@H](CO)[C@@H](O)[C@H](O)[C@H]2O)[C@@H]2[C@@H](C(=O)O)C=C[C@H]12. The zero-order valence-corrected chi connectivity index (χ0v) is 14.8. The van der Waals surface area contributed by atoms with Crippen LogP contribution in [0.2, 0.25) is 0 Å². The molecule has 9 atom stereocenters. The van der Waals surface area contributed by atoms with Gasteiger partial charge < -0.3 is 44.5 Å². The van der Waals surface area contributed by atoms with Crippen molar-refractivity contribution in [2.45, 2.75) is 37.0 Å². The number of carboxylic acid groups (broad SMARTS) is 1. The minimum Gasteiger partial charge on any atom is -0.481 e. The lowest BCUT2D eigenvalue weighted by Crippen LogP contribution is -2.60. The lowest BCUT2D eigenvalue weighted by Gasteiger charge is -2.43. The molecule has 1 fully saturated rings. The summed E-state index contributed by atoms with van der Waals surface area (Å²) in [6, 6.07) is 0. The molecule has 2 aliphatic heterocycles. The van der Waals surface area contributed by atoms with Gasteiger partial charge in [-0.1, -0.05) is 12.2 Å². The van der Waals surface area contributed by atoms with Gasteiger partial charge in [-0.3, -0.25) is 4.79 Å². The lowest BCUT2D eigenvalue weighted by molar-refractivity contribution is -0.342. The second-order valence-electron chi connectivity index (χ2n) is 6.75. The van der Waals surface area contributed by atoms with Crippen LogP contribution in [0.25, 0.3) is 0 Å². The molecule has 0 radical (unpaired) electrons. The van der Waals surface area contributed by atoms with Crippen molar-refractivity contribution in [3.63, 3.8) is 0 Å². The number of methoxy groups -OCH3 is 1. The van der Waals surface area contributed by atoms with Crippen molar-refractivity contribution < 1.29 is 54.1 Å². The Morgan fingerprint density at radius 2 is 1.82 bits per heavy atom. The van der Waals surface area contributed by atoms with Crippen LogP contribution < -0.4 is 0 Å². The van der Waals surface area contributed by atoms with Gasteiger partial charge in [-0.05, 0) is 0 Å². The van der Waals surface area contributed by atoms with E-state index >= 15 is 0 Å². The van der Waals surface area contributed by atoms with E-state index in [4.69, 9.17) is 14.2 Å². The second kappa shape index (κ2) is 8.15. The molecule has 1 saturated heterocycles. The number of rotatable bonds is 5. The number of fused-ring (bicyclic) bond motifs is 1. The molecule has 11 heteroatoms. The first-order valence-electron chi connectivity index (χ1n) is 8.61. The van der Waals surface area contributed by atoms with E-state index in [0.717, 1.165) is 6.26 Å². The molecule has 0 aromatic rings. The molecule has 0 aromatic heterocycles. The van der Waals surface area contributed by atoms with Gasteiger partial charge in [-0.15, -0.1) is 0 Å². The van der Waals surface area contributed by atoms with Gasteiger partial charge in [0.05, 0.1) is 31.5 Å². The second-order valence-corrected chi connectivity index (χ2v) is 6.75. The molecule has 3 aliphatic rings. The summed E-state index contributed by atoms with van der Waals surface area (Å²) in [7, 11) is 1.18. The van der Waals surface area contributed by atoms with Crippen LogP contribution in [-0.4, -0.2) is 88.2 Å². The molecule has 0 saturated carbocycles. The number of carbonyl (C=O) groups is 2. The van der Waals surface area contributed by atoms with Gasteiger partial charge in [0.2, 0.25) is 6.29 Å². The van der Waals surface area contributed by atoms with Crippen molar-refractivity contribution in [3.8, 4) is 0 Å². The van der Waals surface area contributed by atoms with Crippen LogP contribution in [0.1, 0.15) is 0 Å². The van der Waals surface area contributed by atoms with E-state index in [9.17, 15) is 35.1 Å². The molecule has 2 heterocycles. The average molecular weight is 402 g/mol. The minimum absolute atomic E-state index is 0.112. The van der Waals surface area contributed by atoms with Crippen LogP contribution >= 0.6 is 0 Å². The Hall–Kier alpha value is -2.02. The van der Waals surface area contributed by atoms with Gasteiger partial charge in [-0.2, -0.15) is 0 Å². The Morgan fingerprint density at radius 3 is 2.43 bits per heavy atom. The normalized spacial score (nSPS) is 42.3. The summed E-state index contributed by atoms with van der Waals surface area (Å²) in [6.07, 6.45) is -4.81. The number of esters is 1. The lowest BCUT2D eigenvalue weighted by atomic mass is 9.81. The Labute approximate surface area is 159 Å². The van der Waals surface area contributed by atoms with Crippen LogP contribution in [0.15, 0.2) is 24.0 Å². The third kappa shape index (κ3) is 3.52. The van der Waals surface area contributed by atoms with Gasteiger partial charge in [0, 0.05) is 11.8 Å². The van der Waals surface area contributed by atoms with Crippen LogP contribution in [-0.2, 0) is 28.5 Å². The van der Waals surface area contributed by atoms with Crippen LogP contribution in [0.4, 0.5) is 0 Å². The maximum atomic E-state index is 11.9. The largest absolute Gasteiger partial charge is 0.481 e. The summed E-state index contributed by atoms with van der Waals surface area (Å²) in [4.78, 5) is 23.6. The molecule has 156 valence electrons. The fourth-order valence-electron chi connectivity index (χ4n) is 3.66. The van der Waals surface area contributed by atoms with Gasteiger partial charge in [0.15, 0.2) is 6.29 Å². The summed E-state index contributed by atoms with van der Waals surface area (Å²) in [5.74, 6) is -4.44. The third-order valence-electron chi connectivity index (χ3n) is 5.18. The van der Waals surface area contributed by atoms with E-state index < -0.39 is 73.3 Å². The average Bonchev–Trinajstić information content (AvgIpc) is 3.13. The molecule has 0 unspecified atom stereocenters. The molecule has 1 aliphatic carbocycles. The quantitative estimate of drug-likeness (QED) is 0.248. The highest BCUT2D eigenvalue weighted by atomic mass is 16.8. The van der Waals surface area contributed by atoms with Crippen molar-refractivity contribution in [2.24, 2.45) is 17.8 Å². The molecule has 0 amide bonds. The number of aliphatic hydroxyl groups is 4. The van der Waals surface area contributed by atoms with Crippen LogP contribution in [0, 0.1) is 17.8 Å². The standard InChI is InChI=1S/C17H22O11/c1-25-15(24)8-5-26-16(10-6(8)2-3-7(10)14(22)23)28-17-13(21)12(20)11(19)9(4-18)27-17/h2-3,5-7,9-13,16-21H,4H2,1H3,(H,22,23)/t6-,7+,9-,10+,11-,12+,13-,16+,17+/m1/s1. The van der Waals surface area contributed by atoms with Crippen molar-refractivity contribution >= 4 is 11.9 Å². The van der Waals surface area contributed by atoms with Crippen molar-refractivity contribution in [1.82, 2.24) is 0 Å². The van der Waals surface area contributed by atoms with Gasteiger partial charge in [0.1, 0.15) is 24.4 Å². The van der Waals surface area contributed by atoms with Crippen molar-refractivity contribution in [1.29, 1.82) is 0 Å². The number of aliphatic carboxylic acids is 1. The first-order valence-corrected chi connectivity index (χ1v) is 8.61. The smallest absolute Gasteiger partial charge is 0.337 e. The topological polar surface area (TPSA) is 172 Å². The maximum Gasteiger partial charge on any atom is 0.337 e. The van der Waals surface area contributed by atoms with Crippen molar-refractivity contribution in [3.05, 3.63) is 24.0 Å². The summed E-state index contributed by atoms with van der Waals surface area (Å²) in [6.45, 7) is -0.645. The zero-order valence-electron chi connectivity index (χ0n) is 14.8. The number of allylic oxidation sites excluding steroid dienone is 1. The number of carboxylic acids is 1. The number of ether oxygens (including phenoxy) is 4. The van der Waals surface area contributed by atoms with E-state index in [1.165, 1.54) is 13.2 Å². The molecule has 5 N–H and O–H groups in total. The molecule has 3 rings (SSSR count). The Balaban J connectivity index is 1.84. The van der Waals surface area contributed by atoms with E-state index in [2.05, 4.69) is 4.74 Å². The third-order valence-corrected chi connectivity index (χ3v) is 5.18. The van der Waals surface area contributed by atoms with Gasteiger partial charge in [0.25, 0.3) is 0 Å². The fraction of sp³-hybridized carbons (Fsp3) is 0.647. The Kier molecular flexibility index (Phi) is 6.03. The first-order chi connectivity index (χ1) is 13.3. The number of aliphatic hydroxyl groups excluding tert-OH is 4. The molecular formula is C17H22O11. The predicted molar refractivity (Wildman–Crippen MR) is 87.1 cm³/mol. The molecule has 0 bridgehead atoms. The molecule has 11 nitrogen and oxygen atoms in total. The van der Waals surface area contributed by atoms with E-state index in [1.807, 2.05) is 0 Å². The molecule has 0 aromatic carbocycles. The van der Waals surface area contributed by atoms with E-state index in [-0.39, 0.29) is 5.57 Å². The first kappa shape index (κ1) is 20.7. The summed E-state index contributed by atoms with van der Waals surface area (Å²) in [5, 5.41) is 48.6. The summed E-state index contributed by atoms with van der Waals surface area (Å²) < 4.78 is 20.9. The Morgan fingerprint density at radius 1 is 1.11 bits per heavy atom. The summed E-state index contributed by atoms with van der Waals surface area (Å²) >= 11 is 0. The highest BCUT2D eigenvalue weighted by molar-refractivity contribution is 5.90. The molecule has 28 heavy (non-hydrogen) atoms. The molecule has 0 spiro atoms. The minimum atomic E-state index is -1.68. The maximum absolute atomic E-state index is 11.9. The predicted octanol–water partition coefficient (Wildman–Crippen LogP) is -2.28. The Bertz CT molecular complexity index is 672. The highest BCUT2D eigenvalue weighted by Crippen LogP contribution is 2.43. The van der Waals surface area contributed by atoms with Crippen LogP contribution in [0.3, 0.4) is 0 Å². The molecular weight excluding hydrogens is 380 g/mol. The van der Waals surface area contributed by atoms with E-state index in [1.54, 1.807) is 6.08 Å². The van der Waals surface area contributed by atoms with E-state index in [0.29, 0.717) is 0 Å².